The van der Waals surface area contributed by atoms with Gasteiger partial charge in [0.2, 0.25) is 0 Å². The first-order chi connectivity index (χ1) is 10.8. The Bertz CT molecular complexity index is 429. The van der Waals surface area contributed by atoms with Gasteiger partial charge in [-0.2, -0.15) is 0 Å². The van der Waals surface area contributed by atoms with E-state index in [9.17, 15) is 4.79 Å². The molecule has 0 spiro atoms. The predicted molar refractivity (Wildman–Crippen MR) is 89.9 cm³/mol. The highest BCUT2D eigenvalue weighted by molar-refractivity contribution is 5.93. The van der Waals surface area contributed by atoms with E-state index in [-0.39, 0.29) is 5.91 Å². The lowest BCUT2D eigenvalue weighted by Gasteiger charge is -2.31. The van der Waals surface area contributed by atoms with Crippen molar-refractivity contribution >= 4 is 5.91 Å². The second kappa shape index (κ2) is 9.57. The molecule has 1 amide bonds. The van der Waals surface area contributed by atoms with Gasteiger partial charge < -0.3 is 10.2 Å². The molecule has 0 bridgehead atoms. The highest BCUT2D eigenvalue weighted by Gasteiger charge is 2.17. The van der Waals surface area contributed by atoms with Crippen LogP contribution in [0.25, 0.3) is 0 Å². The zero-order chi connectivity index (χ0) is 15.6. The molecule has 1 aliphatic carbocycles. The van der Waals surface area contributed by atoms with Gasteiger partial charge in [0.15, 0.2) is 0 Å². The standard InChI is InChI=1S/C18H29N3O/c1-21(17-8-4-2-5-9-17)15-7-3-6-12-20-18(22)16-10-13-19-14-11-16/h10-11,13-14,17H,2-9,12,15H2,1H3,(H,20,22). The largest absolute Gasteiger partial charge is 0.352 e. The first kappa shape index (κ1) is 16.9. The van der Waals surface area contributed by atoms with Gasteiger partial charge in [0.25, 0.3) is 5.91 Å². The maximum atomic E-state index is 11.8. The van der Waals surface area contributed by atoms with Crippen LogP contribution in [0, 0.1) is 0 Å². The third kappa shape index (κ3) is 5.76. The van der Waals surface area contributed by atoms with Crippen molar-refractivity contribution in [2.75, 3.05) is 20.1 Å². The zero-order valence-electron chi connectivity index (χ0n) is 13.8. The van der Waals surface area contributed by atoms with Crippen LogP contribution in [-0.2, 0) is 0 Å². The molecule has 1 aromatic rings. The van der Waals surface area contributed by atoms with Crippen LogP contribution in [0.2, 0.25) is 0 Å². The van der Waals surface area contributed by atoms with Gasteiger partial charge in [-0.3, -0.25) is 9.78 Å². The quantitative estimate of drug-likeness (QED) is 0.750. The molecule has 1 N–H and O–H groups in total. The van der Waals surface area contributed by atoms with Crippen molar-refractivity contribution < 1.29 is 4.79 Å². The van der Waals surface area contributed by atoms with Crippen molar-refractivity contribution in [3.05, 3.63) is 30.1 Å². The maximum absolute atomic E-state index is 11.8. The molecular weight excluding hydrogens is 274 g/mol. The van der Waals surface area contributed by atoms with Gasteiger partial charge in [-0.05, 0) is 51.4 Å². The summed E-state index contributed by atoms with van der Waals surface area (Å²) >= 11 is 0. The second-order valence-electron chi connectivity index (χ2n) is 6.32. The van der Waals surface area contributed by atoms with Crippen LogP contribution in [-0.4, -0.2) is 42.0 Å². The van der Waals surface area contributed by atoms with Crippen LogP contribution in [0.5, 0.6) is 0 Å². The summed E-state index contributed by atoms with van der Waals surface area (Å²) < 4.78 is 0. The van der Waals surface area contributed by atoms with Gasteiger partial charge in [0, 0.05) is 30.5 Å². The molecule has 1 saturated carbocycles. The molecule has 0 atom stereocenters. The molecule has 0 aliphatic heterocycles. The number of hydrogen-bond donors (Lipinski definition) is 1. The Kier molecular flexibility index (Phi) is 7.37. The Morgan fingerprint density at radius 3 is 2.64 bits per heavy atom. The number of aromatic nitrogens is 1. The molecular formula is C18H29N3O. The first-order valence-corrected chi connectivity index (χ1v) is 8.66. The Morgan fingerprint density at radius 1 is 1.18 bits per heavy atom. The molecule has 0 saturated heterocycles. The molecule has 4 nitrogen and oxygen atoms in total. The monoisotopic (exact) mass is 303 g/mol. The van der Waals surface area contributed by atoms with E-state index in [1.165, 1.54) is 51.5 Å². The third-order valence-corrected chi connectivity index (χ3v) is 4.61. The van der Waals surface area contributed by atoms with E-state index in [1.807, 2.05) is 0 Å². The normalized spacial score (nSPS) is 15.9. The maximum Gasteiger partial charge on any atom is 0.251 e. The first-order valence-electron chi connectivity index (χ1n) is 8.66. The molecule has 2 rings (SSSR count). The Hall–Kier alpha value is -1.42. The number of unbranched alkanes of at least 4 members (excludes halogenated alkanes) is 2. The number of carbonyl (C=O) groups is 1. The van der Waals surface area contributed by atoms with Crippen molar-refractivity contribution in [1.82, 2.24) is 15.2 Å². The number of carbonyl (C=O) groups excluding carboxylic acids is 1. The van der Waals surface area contributed by atoms with Gasteiger partial charge in [0.05, 0.1) is 0 Å². The van der Waals surface area contributed by atoms with Crippen LogP contribution in [0.4, 0.5) is 0 Å². The summed E-state index contributed by atoms with van der Waals surface area (Å²) in [6, 6.07) is 4.29. The van der Waals surface area contributed by atoms with Gasteiger partial charge >= 0.3 is 0 Å². The summed E-state index contributed by atoms with van der Waals surface area (Å²) in [5.41, 5.74) is 0.687. The second-order valence-corrected chi connectivity index (χ2v) is 6.32. The molecule has 0 aromatic carbocycles. The third-order valence-electron chi connectivity index (χ3n) is 4.61. The van der Waals surface area contributed by atoms with E-state index in [2.05, 4.69) is 22.2 Å². The van der Waals surface area contributed by atoms with Crippen molar-refractivity contribution in [3.63, 3.8) is 0 Å². The number of amides is 1. The average Bonchev–Trinajstić information content (AvgIpc) is 2.59. The lowest BCUT2D eigenvalue weighted by molar-refractivity contribution is 0.0952. The minimum atomic E-state index is 0.00160. The summed E-state index contributed by atoms with van der Waals surface area (Å²) in [4.78, 5) is 18.3. The topological polar surface area (TPSA) is 45.2 Å². The number of hydrogen-bond acceptors (Lipinski definition) is 3. The zero-order valence-corrected chi connectivity index (χ0v) is 13.8. The van der Waals surface area contributed by atoms with Crippen LogP contribution >= 0.6 is 0 Å². The summed E-state index contributed by atoms with van der Waals surface area (Å²) in [5, 5.41) is 2.97. The number of nitrogens with zero attached hydrogens (tertiary/aromatic N) is 2. The summed E-state index contributed by atoms with van der Waals surface area (Å²) in [6.07, 6.45) is 13.7. The lowest BCUT2D eigenvalue weighted by Crippen LogP contribution is -2.34. The van der Waals surface area contributed by atoms with E-state index in [4.69, 9.17) is 0 Å². The minimum Gasteiger partial charge on any atom is -0.352 e. The summed E-state index contributed by atoms with van der Waals surface area (Å²) in [6.45, 7) is 1.94. The Labute approximate surface area is 134 Å². The number of rotatable bonds is 8. The van der Waals surface area contributed by atoms with Crippen molar-refractivity contribution in [3.8, 4) is 0 Å². The number of pyridine rings is 1. The van der Waals surface area contributed by atoms with Crippen molar-refractivity contribution in [2.24, 2.45) is 0 Å². The fraction of sp³-hybridized carbons (Fsp3) is 0.667. The summed E-state index contributed by atoms with van der Waals surface area (Å²) in [5.74, 6) is 0.00160. The molecule has 4 heteroatoms. The average molecular weight is 303 g/mol. The fourth-order valence-electron chi connectivity index (χ4n) is 3.17. The van der Waals surface area contributed by atoms with E-state index < -0.39 is 0 Å². The van der Waals surface area contributed by atoms with Gasteiger partial charge in [0.1, 0.15) is 0 Å². The van der Waals surface area contributed by atoms with E-state index in [1.54, 1.807) is 24.5 Å². The van der Waals surface area contributed by atoms with Gasteiger partial charge in [-0.15, -0.1) is 0 Å². The fourth-order valence-corrected chi connectivity index (χ4v) is 3.17. The van der Waals surface area contributed by atoms with Crippen LogP contribution in [0.15, 0.2) is 24.5 Å². The lowest BCUT2D eigenvalue weighted by atomic mass is 9.94. The summed E-state index contributed by atoms with van der Waals surface area (Å²) in [7, 11) is 2.27. The van der Waals surface area contributed by atoms with Crippen LogP contribution < -0.4 is 5.32 Å². The smallest absolute Gasteiger partial charge is 0.251 e. The SMILES string of the molecule is CN(CCCCCNC(=O)c1ccncc1)C1CCCCC1. The van der Waals surface area contributed by atoms with Crippen LogP contribution in [0.3, 0.4) is 0 Å². The van der Waals surface area contributed by atoms with Gasteiger partial charge in [-0.25, -0.2) is 0 Å². The molecule has 122 valence electrons. The molecule has 1 aliphatic rings. The minimum absolute atomic E-state index is 0.00160. The molecule has 22 heavy (non-hydrogen) atoms. The van der Waals surface area contributed by atoms with Gasteiger partial charge in [-0.1, -0.05) is 25.7 Å². The Balaban J connectivity index is 1.51. The molecule has 1 heterocycles. The highest BCUT2D eigenvalue weighted by Crippen LogP contribution is 2.21. The van der Waals surface area contributed by atoms with E-state index in [0.717, 1.165) is 19.0 Å². The number of nitrogens with one attached hydrogen (secondary N) is 1. The molecule has 1 aromatic heterocycles. The molecule has 0 radical (unpaired) electrons. The van der Waals surface area contributed by atoms with E-state index in [0.29, 0.717) is 5.56 Å². The van der Waals surface area contributed by atoms with Crippen LogP contribution in [0.1, 0.15) is 61.7 Å². The molecule has 0 unspecified atom stereocenters. The Morgan fingerprint density at radius 2 is 1.91 bits per heavy atom. The predicted octanol–water partition coefficient (Wildman–Crippen LogP) is 3.25. The highest BCUT2D eigenvalue weighted by atomic mass is 16.1. The van der Waals surface area contributed by atoms with Crippen molar-refractivity contribution in [1.29, 1.82) is 0 Å². The van der Waals surface area contributed by atoms with E-state index >= 15 is 0 Å². The molecule has 1 fully saturated rings. The van der Waals surface area contributed by atoms with Crippen molar-refractivity contribution in [2.45, 2.75) is 57.4 Å².